The first-order valence-electron chi connectivity index (χ1n) is 5.16. The molecule has 0 atom stereocenters. The fourth-order valence-electron chi connectivity index (χ4n) is 1.44. The Hall–Kier alpha value is -1.28. The van der Waals surface area contributed by atoms with Crippen LogP contribution in [0, 0.1) is 5.92 Å². The van der Waals surface area contributed by atoms with Crippen LogP contribution in [0.4, 0.5) is 10.5 Å². The molecule has 0 fully saturated rings. The van der Waals surface area contributed by atoms with Gasteiger partial charge in [-0.25, -0.2) is 0 Å². The quantitative estimate of drug-likeness (QED) is 0.571. The van der Waals surface area contributed by atoms with Crippen molar-refractivity contribution in [2.45, 2.75) is 13.8 Å². The topological polar surface area (TPSA) is 20.3 Å². The van der Waals surface area contributed by atoms with Crippen LogP contribution in [0.15, 0.2) is 30.8 Å². The summed E-state index contributed by atoms with van der Waals surface area (Å²) in [5.74, 6) is 0.333. The van der Waals surface area contributed by atoms with E-state index in [2.05, 4.69) is 20.4 Å². The van der Waals surface area contributed by atoms with Crippen LogP contribution in [-0.4, -0.2) is 12.4 Å². The third-order valence-corrected chi connectivity index (χ3v) is 2.83. The Morgan fingerprint density at radius 2 is 1.94 bits per heavy atom. The summed E-state index contributed by atoms with van der Waals surface area (Å²) in [5, 5.41) is -0.496. The second-order valence-electron chi connectivity index (χ2n) is 4.01. The smallest absolute Gasteiger partial charge is 0.301 e. The Labute approximate surface area is 102 Å². The van der Waals surface area contributed by atoms with Crippen molar-refractivity contribution >= 4 is 28.2 Å². The molecule has 0 aliphatic heterocycles. The average Bonchev–Trinajstić information content (AvgIpc) is 2.26. The normalized spacial score (nSPS) is 10.3. The highest BCUT2D eigenvalue weighted by molar-refractivity contribution is 6.66. The van der Waals surface area contributed by atoms with E-state index in [1.807, 2.05) is 24.3 Å². The number of benzene rings is 1. The molecule has 1 rings (SSSR count). The molecule has 0 aliphatic rings. The van der Waals surface area contributed by atoms with Gasteiger partial charge in [0.15, 0.2) is 0 Å². The zero-order valence-corrected chi connectivity index (χ0v) is 10.6. The minimum atomic E-state index is -0.496. The lowest BCUT2D eigenvalue weighted by Crippen LogP contribution is -2.21. The highest BCUT2D eigenvalue weighted by Crippen LogP contribution is 2.30. The number of carbonyl (C=O) groups is 1. The lowest BCUT2D eigenvalue weighted by atomic mass is 9.95. The van der Waals surface area contributed by atoms with Gasteiger partial charge in [-0.3, -0.25) is 4.79 Å². The number of hydrogen-bond acceptors (Lipinski definition) is 1. The summed E-state index contributed by atoms with van der Waals surface area (Å²) in [5.41, 5.74) is 2.76. The number of anilines is 1. The summed E-state index contributed by atoms with van der Waals surface area (Å²) in [4.78, 5) is 12.6. The second kappa shape index (κ2) is 5.17. The molecule has 2 nitrogen and oxygen atoms in total. The van der Waals surface area contributed by atoms with Crippen molar-refractivity contribution in [1.82, 2.24) is 0 Å². The maximum absolute atomic E-state index is 11.2. The molecular formula is C13H16ClNO. The van der Waals surface area contributed by atoms with E-state index >= 15 is 0 Å². The van der Waals surface area contributed by atoms with Gasteiger partial charge in [0.25, 0.3) is 0 Å². The molecule has 0 aromatic heterocycles. The number of carbonyl (C=O) groups excluding carboxylic acids is 1. The lowest BCUT2D eigenvalue weighted by Gasteiger charge is -2.20. The summed E-state index contributed by atoms with van der Waals surface area (Å²) in [7, 11) is 1.65. The molecule has 0 unspecified atom stereocenters. The van der Waals surface area contributed by atoms with E-state index in [1.165, 1.54) is 4.90 Å². The number of hydrogen-bond donors (Lipinski definition) is 0. The predicted octanol–water partition coefficient (Wildman–Crippen LogP) is 4.15. The van der Waals surface area contributed by atoms with Crippen molar-refractivity contribution in [3.8, 4) is 0 Å². The lowest BCUT2D eigenvalue weighted by molar-refractivity contribution is 0.265. The Kier molecular flexibility index (Phi) is 4.13. The van der Waals surface area contributed by atoms with Gasteiger partial charge in [0.05, 0.1) is 5.69 Å². The SMILES string of the molecule is C=C(c1ccccc1N(C)C(=O)Cl)C(C)C. The number of allylic oxidation sites excluding steroid dienone is 1. The first kappa shape index (κ1) is 12.8. The number of nitrogens with zero attached hydrogens (tertiary/aromatic N) is 1. The maximum Gasteiger partial charge on any atom is 0.320 e. The van der Waals surface area contributed by atoms with E-state index in [4.69, 9.17) is 11.6 Å². The van der Waals surface area contributed by atoms with E-state index in [0.717, 1.165) is 16.8 Å². The van der Waals surface area contributed by atoms with Crippen LogP contribution >= 0.6 is 11.6 Å². The van der Waals surface area contributed by atoms with E-state index < -0.39 is 5.37 Å². The third-order valence-electron chi connectivity index (χ3n) is 2.57. The van der Waals surface area contributed by atoms with Crippen LogP contribution in [-0.2, 0) is 0 Å². The largest absolute Gasteiger partial charge is 0.320 e. The molecule has 1 amide bonds. The van der Waals surface area contributed by atoms with Crippen LogP contribution in [0.5, 0.6) is 0 Å². The van der Waals surface area contributed by atoms with E-state index in [-0.39, 0.29) is 0 Å². The summed E-state index contributed by atoms with van der Waals surface area (Å²) in [6, 6.07) is 7.62. The van der Waals surface area contributed by atoms with Crippen LogP contribution in [0.3, 0.4) is 0 Å². The van der Waals surface area contributed by atoms with Gasteiger partial charge in [-0.1, -0.05) is 38.6 Å². The number of rotatable bonds is 3. The van der Waals surface area contributed by atoms with Gasteiger partial charge in [-0.15, -0.1) is 0 Å². The minimum absolute atomic E-state index is 0.333. The van der Waals surface area contributed by atoms with Crippen molar-refractivity contribution in [2.75, 3.05) is 11.9 Å². The van der Waals surface area contributed by atoms with Crippen molar-refractivity contribution in [3.05, 3.63) is 36.4 Å². The fraction of sp³-hybridized carbons (Fsp3) is 0.308. The van der Waals surface area contributed by atoms with Crippen LogP contribution < -0.4 is 4.90 Å². The molecule has 0 aliphatic carbocycles. The molecule has 0 N–H and O–H groups in total. The zero-order chi connectivity index (χ0) is 12.3. The van der Waals surface area contributed by atoms with Crippen LogP contribution in [0.1, 0.15) is 19.4 Å². The molecule has 86 valence electrons. The van der Waals surface area contributed by atoms with Crippen LogP contribution in [0.2, 0.25) is 0 Å². The Bertz CT molecular complexity index is 412. The monoisotopic (exact) mass is 237 g/mol. The van der Waals surface area contributed by atoms with Gasteiger partial charge < -0.3 is 4.90 Å². The van der Waals surface area contributed by atoms with Crippen LogP contribution in [0.25, 0.3) is 5.57 Å². The maximum atomic E-state index is 11.2. The average molecular weight is 238 g/mol. The van der Waals surface area contributed by atoms with E-state index in [9.17, 15) is 4.79 Å². The first-order valence-corrected chi connectivity index (χ1v) is 5.54. The molecule has 16 heavy (non-hydrogen) atoms. The molecule has 0 heterocycles. The summed E-state index contributed by atoms with van der Waals surface area (Å²) < 4.78 is 0. The molecule has 0 saturated carbocycles. The standard InChI is InChI=1S/C13H16ClNO/c1-9(2)10(3)11-7-5-6-8-12(11)15(4)13(14)16/h5-9H,3H2,1-2,4H3. The molecule has 0 radical (unpaired) electrons. The number of para-hydroxylation sites is 1. The van der Waals surface area contributed by atoms with Crippen molar-refractivity contribution < 1.29 is 4.79 Å². The van der Waals surface area contributed by atoms with Crippen molar-refractivity contribution in [2.24, 2.45) is 5.92 Å². The Morgan fingerprint density at radius 3 is 2.44 bits per heavy atom. The van der Waals surface area contributed by atoms with Gasteiger partial charge in [0.1, 0.15) is 0 Å². The first-order chi connectivity index (χ1) is 7.45. The van der Waals surface area contributed by atoms with Gasteiger partial charge >= 0.3 is 5.37 Å². The fourth-order valence-corrected chi connectivity index (χ4v) is 1.53. The second-order valence-corrected chi connectivity index (χ2v) is 4.33. The molecule has 0 saturated heterocycles. The molecular weight excluding hydrogens is 222 g/mol. The van der Waals surface area contributed by atoms with Crippen molar-refractivity contribution in [1.29, 1.82) is 0 Å². The summed E-state index contributed by atoms with van der Waals surface area (Å²) in [6.07, 6.45) is 0. The predicted molar refractivity (Wildman–Crippen MR) is 70.0 cm³/mol. The van der Waals surface area contributed by atoms with Gasteiger partial charge in [-0.05, 0) is 29.2 Å². The van der Waals surface area contributed by atoms with Crippen molar-refractivity contribution in [3.63, 3.8) is 0 Å². The Morgan fingerprint density at radius 1 is 1.38 bits per heavy atom. The molecule has 1 aromatic carbocycles. The molecule has 1 aromatic rings. The third kappa shape index (κ3) is 2.64. The van der Waals surface area contributed by atoms with E-state index in [0.29, 0.717) is 5.92 Å². The van der Waals surface area contributed by atoms with Gasteiger partial charge in [0, 0.05) is 12.6 Å². The van der Waals surface area contributed by atoms with E-state index in [1.54, 1.807) is 7.05 Å². The molecule has 3 heteroatoms. The minimum Gasteiger partial charge on any atom is -0.301 e. The van der Waals surface area contributed by atoms with Gasteiger partial charge in [0.2, 0.25) is 0 Å². The van der Waals surface area contributed by atoms with Gasteiger partial charge in [-0.2, -0.15) is 0 Å². The Balaban J connectivity index is 3.20. The summed E-state index contributed by atoms with van der Waals surface area (Å²) >= 11 is 5.48. The zero-order valence-electron chi connectivity index (χ0n) is 9.83. The number of halogens is 1. The highest BCUT2D eigenvalue weighted by atomic mass is 35.5. The highest BCUT2D eigenvalue weighted by Gasteiger charge is 2.14. The molecule has 0 spiro atoms. The summed E-state index contributed by atoms with van der Waals surface area (Å²) in [6.45, 7) is 8.19. The molecule has 0 bridgehead atoms. The number of amides is 1.